The molecule has 0 atom stereocenters. The lowest BCUT2D eigenvalue weighted by atomic mass is 10.2. The van der Waals surface area contributed by atoms with Crippen LogP contribution >= 0.6 is 24.4 Å². The van der Waals surface area contributed by atoms with Gasteiger partial charge in [-0.05, 0) is 38.3 Å². The lowest BCUT2D eigenvalue weighted by Gasteiger charge is -2.05. The van der Waals surface area contributed by atoms with E-state index in [1.165, 1.54) is 0 Å². The first-order valence-electron chi connectivity index (χ1n) is 6.70. The summed E-state index contributed by atoms with van der Waals surface area (Å²) in [6, 6.07) is 9.35. The van der Waals surface area contributed by atoms with E-state index in [0.29, 0.717) is 22.4 Å². The van der Waals surface area contributed by atoms with E-state index < -0.39 is 0 Å². The van der Waals surface area contributed by atoms with E-state index in [-0.39, 0.29) is 5.11 Å². The molecule has 0 saturated carbocycles. The monoisotopic (exact) mass is 349 g/mol. The van der Waals surface area contributed by atoms with Gasteiger partial charge in [-0.15, -0.1) is 0 Å². The molecule has 0 heterocycles. The van der Waals surface area contributed by atoms with Crippen molar-refractivity contribution < 1.29 is 0 Å². The molecular formula is C14H19N7S2. The molecule has 1 rings (SSSR count). The topological polar surface area (TPSA) is 99.2 Å². The van der Waals surface area contributed by atoms with Crippen LogP contribution in [0.1, 0.15) is 19.4 Å². The van der Waals surface area contributed by atoms with Crippen molar-refractivity contribution in [2.24, 2.45) is 20.9 Å². The molecule has 0 aliphatic heterocycles. The van der Waals surface area contributed by atoms with Crippen molar-refractivity contribution in [3.05, 3.63) is 35.9 Å². The molecular weight excluding hydrogens is 330 g/mol. The van der Waals surface area contributed by atoms with Gasteiger partial charge in [0.1, 0.15) is 5.84 Å². The van der Waals surface area contributed by atoms with Crippen molar-refractivity contribution in [3.8, 4) is 0 Å². The summed E-state index contributed by atoms with van der Waals surface area (Å²) in [7, 11) is 1.70. The fourth-order valence-electron chi connectivity index (χ4n) is 1.29. The molecule has 0 aliphatic rings. The second-order valence-electron chi connectivity index (χ2n) is 4.37. The van der Waals surface area contributed by atoms with Crippen LogP contribution in [0.25, 0.3) is 0 Å². The number of nitrogens with zero attached hydrogens (tertiary/aromatic N) is 3. The van der Waals surface area contributed by atoms with Crippen LogP contribution in [0.3, 0.4) is 0 Å². The number of amidine groups is 1. The van der Waals surface area contributed by atoms with Gasteiger partial charge in [-0.25, -0.2) is 4.99 Å². The average molecular weight is 349 g/mol. The molecule has 0 saturated heterocycles. The Hall–Kier alpha value is -2.39. The maximum atomic E-state index is 5.88. The highest BCUT2D eigenvalue weighted by molar-refractivity contribution is 7.80. The fraction of sp³-hybridized carbons (Fsp3) is 0.214. The molecule has 5 N–H and O–H groups in total. The third kappa shape index (κ3) is 6.94. The van der Waals surface area contributed by atoms with Crippen molar-refractivity contribution in [2.45, 2.75) is 13.8 Å². The van der Waals surface area contributed by atoms with Gasteiger partial charge >= 0.3 is 0 Å². The number of rotatable bonds is 4. The Labute approximate surface area is 146 Å². The third-order valence-electron chi connectivity index (χ3n) is 2.69. The molecule has 0 fully saturated rings. The number of aliphatic imine (C=N–C) groups is 1. The van der Waals surface area contributed by atoms with Crippen LogP contribution in [0.15, 0.2) is 45.5 Å². The Kier molecular flexibility index (Phi) is 7.78. The van der Waals surface area contributed by atoms with Gasteiger partial charge in [0.2, 0.25) is 5.11 Å². The zero-order chi connectivity index (χ0) is 17.2. The zero-order valence-corrected chi connectivity index (χ0v) is 14.8. The zero-order valence-electron chi connectivity index (χ0n) is 13.1. The predicted octanol–water partition coefficient (Wildman–Crippen LogP) is 1.11. The minimum absolute atomic E-state index is 0.164. The standard InChI is InChI=1S/C14H19N7S2/c1-9(18-20-13(22)16-3)10(2)19-21-14(23)17-12(15)11-7-5-4-6-8-11/h4-8H,1-3H3,(H2,16,20,22)(H3,15,17,21,23)/b18-9+,19-10+. The van der Waals surface area contributed by atoms with E-state index in [0.717, 1.165) is 5.56 Å². The Morgan fingerprint density at radius 3 is 2.13 bits per heavy atom. The highest BCUT2D eigenvalue weighted by Crippen LogP contribution is 1.97. The molecule has 0 radical (unpaired) electrons. The van der Waals surface area contributed by atoms with E-state index in [4.69, 9.17) is 30.2 Å². The summed E-state index contributed by atoms with van der Waals surface area (Å²) in [4.78, 5) is 4.09. The molecule has 23 heavy (non-hydrogen) atoms. The van der Waals surface area contributed by atoms with Gasteiger partial charge in [0.15, 0.2) is 5.11 Å². The van der Waals surface area contributed by atoms with Crippen LogP contribution in [0.5, 0.6) is 0 Å². The van der Waals surface area contributed by atoms with Crippen molar-refractivity contribution in [1.29, 1.82) is 0 Å². The van der Waals surface area contributed by atoms with Crippen LogP contribution in [0.4, 0.5) is 0 Å². The Morgan fingerprint density at radius 2 is 1.57 bits per heavy atom. The second kappa shape index (κ2) is 9.59. The Balaban J connectivity index is 2.65. The normalized spacial score (nSPS) is 12.6. The van der Waals surface area contributed by atoms with Crippen molar-refractivity contribution in [2.75, 3.05) is 7.05 Å². The minimum Gasteiger partial charge on any atom is -0.383 e. The first-order chi connectivity index (χ1) is 10.9. The molecule has 1 aromatic carbocycles. The maximum Gasteiger partial charge on any atom is 0.215 e. The molecule has 0 unspecified atom stereocenters. The number of benzene rings is 1. The molecule has 9 heteroatoms. The minimum atomic E-state index is 0.164. The van der Waals surface area contributed by atoms with E-state index in [1.807, 2.05) is 30.3 Å². The molecule has 7 nitrogen and oxygen atoms in total. The summed E-state index contributed by atoms with van der Waals surface area (Å²) in [6.45, 7) is 3.57. The first kappa shape index (κ1) is 18.7. The lowest BCUT2D eigenvalue weighted by molar-refractivity contribution is 0.974. The number of nitrogens with two attached hydrogens (primary N) is 1. The summed E-state index contributed by atoms with van der Waals surface area (Å²) in [5, 5.41) is 11.5. The van der Waals surface area contributed by atoms with Crippen LogP contribution in [-0.2, 0) is 0 Å². The van der Waals surface area contributed by atoms with Crippen molar-refractivity contribution >= 4 is 51.9 Å². The molecule has 1 aromatic rings. The van der Waals surface area contributed by atoms with E-state index in [1.54, 1.807) is 20.9 Å². The molecule has 122 valence electrons. The highest BCUT2D eigenvalue weighted by atomic mass is 32.1. The van der Waals surface area contributed by atoms with Gasteiger partial charge in [0.25, 0.3) is 0 Å². The van der Waals surface area contributed by atoms with Crippen LogP contribution in [0, 0.1) is 0 Å². The maximum absolute atomic E-state index is 5.88. The van der Waals surface area contributed by atoms with Crippen molar-refractivity contribution in [1.82, 2.24) is 16.2 Å². The number of thiocarbonyl (C=S) groups is 2. The molecule has 0 spiro atoms. The van der Waals surface area contributed by atoms with E-state index >= 15 is 0 Å². The largest absolute Gasteiger partial charge is 0.383 e. The van der Waals surface area contributed by atoms with Gasteiger partial charge in [-0.3, -0.25) is 10.9 Å². The summed E-state index contributed by atoms with van der Waals surface area (Å²) in [6.07, 6.45) is 0. The third-order valence-corrected chi connectivity index (χ3v) is 3.16. The van der Waals surface area contributed by atoms with Crippen molar-refractivity contribution in [3.63, 3.8) is 0 Å². The van der Waals surface area contributed by atoms with Gasteiger partial charge in [0.05, 0.1) is 11.4 Å². The summed E-state index contributed by atoms with van der Waals surface area (Å²) < 4.78 is 0. The number of hydrazone groups is 2. The summed E-state index contributed by atoms with van der Waals surface area (Å²) in [5.41, 5.74) is 13.3. The first-order valence-corrected chi connectivity index (χ1v) is 7.52. The summed E-state index contributed by atoms with van der Waals surface area (Å²) >= 11 is 10.0. The SMILES string of the molecule is CNC(=S)N/N=C(C)/C(C)=N/NC(=S)/N=C(\N)c1ccccc1. The van der Waals surface area contributed by atoms with E-state index in [2.05, 4.69) is 31.4 Å². The second-order valence-corrected chi connectivity index (χ2v) is 5.16. The van der Waals surface area contributed by atoms with Crippen LogP contribution < -0.4 is 21.9 Å². The van der Waals surface area contributed by atoms with Gasteiger partial charge in [-0.2, -0.15) is 10.2 Å². The molecule has 0 bridgehead atoms. The Morgan fingerprint density at radius 1 is 1.00 bits per heavy atom. The van der Waals surface area contributed by atoms with E-state index in [9.17, 15) is 0 Å². The van der Waals surface area contributed by atoms with Gasteiger partial charge < -0.3 is 11.1 Å². The number of hydrogen-bond donors (Lipinski definition) is 4. The average Bonchev–Trinajstić information content (AvgIpc) is 2.57. The predicted molar refractivity (Wildman–Crippen MR) is 104 cm³/mol. The van der Waals surface area contributed by atoms with Gasteiger partial charge in [0, 0.05) is 12.6 Å². The van der Waals surface area contributed by atoms with Crippen LogP contribution in [0.2, 0.25) is 0 Å². The fourth-order valence-corrected chi connectivity index (χ4v) is 1.48. The molecule has 0 amide bonds. The number of hydrogen-bond acceptors (Lipinski definition) is 4. The summed E-state index contributed by atoms with van der Waals surface area (Å²) in [5.74, 6) is 0.322. The molecule has 0 aliphatic carbocycles. The smallest absolute Gasteiger partial charge is 0.215 e. The molecule has 0 aromatic heterocycles. The van der Waals surface area contributed by atoms with Gasteiger partial charge in [-0.1, -0.05) is 30.3 Å². The lowest BCUT2D eigenvalue weighted by Crippen LogP contribution is -2.30. The Bertz CT molecular complexity index is 650. The highest BCUT2D eigenvalue weighted by Gasteiger charge is 2.01. The number of nitrogens with one attached hydrogen (secondary N) is 3. The van der Waals surface area contributed by atoms with Crippen LogP contribution in [-0.4, -0.2) is 34.5 Å². The quantitative estimate of drug-likeness (QED) is 0.281.